The van der Waals surface area contributed by atoms with Gasteiger partial charge in [0.2, 0.25) is 5.91 Å². The van der Waals surface area contributed by atoms with E-state index in [0.29, 0.717) is 6.42 Å². The number of carbonyl (C=O) groups excluding carboxylic acids is 2. The number of amides is 2. The first-order valence-electron chi connectivity index (χ1n) is 11.6. The molecule has 2 atom stereocenters. The summed E-state index contributed by atoms with van der Waals surface area (Å²) in [6.45, 7) is 2.86. The van der Waals surface area contributed by atoms with E-state index in [9.17, 15) is 19.5 Å². The number of hydrogen-bond donors (Lipinski definition) is 2. The lowest BCUT2D eigenvalue weighted by Gasteiger charge is -2.45. The van der Waals surface area contributed by atoms with Crippen molar-refractivity contribution in [2.24, 2.45) is 11.3 Å². The number of aliphatic carboxylic acids is 1. The normalized spacial score (nSPS) is 22.4. The molecule has 8 nitrogen and oxygen atoms in total. The van der Waals surface area contributed by atoms with Gasteiger partial charge in [0.25, 0.3) is 0 Å². The standard InChI is InChI=1S/C26H28N2O6/c1-26(24(30)31)14-28(15-26)23(29)16-10-17(33-12-16)11-27-25(32)34-13-22-20-8-4-2-6-18(20)19-7-3-5-9-21(19)22/h2-9,16-17,22H,10-15H2,1H3,(H,27,32)(H,30,31)/t16-,17-/m0/s1. The zero-order valence-electron chi connectivity index (χ0n) is 19.0. The summed E-state index contributed by atoms with van der Waals surface area (Å²) in [4.78, 5) is 37.8. The molecule has 2 aliphatic heterocycles. The molecule has 2 fully saturated rings. The summed E-state index contributed by atoms with van der Waals surface area (Å²) < 4.78 is 11.2. The van der Waals surface area contributed by atoms with Crippen molar-refractivity contribution in [3.05, 3.63) is 59.7 Å². The molecule has 34 heavy (non-hydrogen) atoms. The van der Waals surface area contributed by atoms with Gasteiger partial charge in [0.1, 0.15) is 6.61 Å². The minimum Gasteiger partial charge on any atom is -0.481 e. The Bertz CT molecular complexity index is 1080. The van der Waals surface area contributed by atoms with Gasteiger partial charge in [-0.05, 0) is 35.6 Å². The number of alkyl carbamates (subject to hydrolysis) is 1. The van der Waals surface area contributed by atoms with Crippen molar-refractivity contribution in [1.82, 2.24) is 10.2 Å². The molecule has 0 aromatic heterocycles. The number of carbonyl (C=O) groups is 3. The van der Waals surface area contributed by atoms with E-state index in [1.165, 1.54) is 11.1 Å². The van der Waals surface area contributed by atoms with Crippen molar-refractivity contribution in [2.75, 3.05) is 32.8 Å². The highest BCUT2D eigenvalue weighted by Gasteiger charge is 2.49. The van der Waals surface area contributed by atoms with E-state index in [2.05, 4.69) is 29.6 Å². The predicted molar refractivity (Wildman–Crippen MR) is 123 cm³/mol. The van der Waals surface area contributed by atoms with Crippen LogP contribution in [0, 0.1) is 11.3 Å². The molecule has 2 aromatic rings. The van der Waals surface area contributed by atoms with Gasteiger partial charge >= 0.3 is 12.1 Å². The molecule has 2 N–H and O–H groups in total. The van der Waals surface area contributed by atoms with E-state index in [1.807, 2.05) is 24.3 Å². The summed E-state index contributed by atoms with van der Waals surface area (Å²) in [6.07, 6.45) is -0.301. The number of fused-ring (bicyclic) bond motifs is 3. The Hall–Kier alpha value is -3.39. The number of carboxylic acids is 1. The van der Waals surface area contributed by atoms with Gasteiger partial charge in [-0.15, -0.1) is 0 Å². The summed E-state index contributed by atoms with van der Waals surface area (Å²) >= 11 is 0. The molecular weight excluding hydrogens is 436 g/mol. The Kier molecular flexibility index (Phi) is 5.77. The zero-order chi connectivity index (χ0) is 23.9. The zero-order valence-corrected chi connectivity index (χ0v) is 19.0. The minimum absolute atomic E-state index is 0.00380. The molecule has 2 heterocycles. The molecule has 2 saturated heterocycles. The Morgan fingerprint density at radius 1 is 1.09 bits per heavy atom. The average molecular weight is 465 g/mol. The van der Waals surface area contributed by atoms with E-state index in [1.54, 1.807) is 11.8 Å². The number of likely N-dealkylation sites (tertiary alicyclic amines) is 1. The number of nitrogens with one attached hydrogen (secondary N) is 1. The Morgan fingerprint density at radius 3 is 2.32 bits per heavy atom. The number of hydrogen-bond acceptors (Lipinski definition) is 5. The van der Waals surface area contributed by atoms with Crippen LogP contribution in [0.15, 0.2) is 48.5 Å². The van der Waals surface area contributed by atoms with Crippen LogP contribution in [0.5, 0.6) is 0 Å². The SMILES string of the molecule is CC1(C(=O)O)CN(C(=O)[C@@H]2CO[C@H](CNC(=O)OCC3c4ccccc4-c4ccccc43)C2)C1. The van der Waals surface area contributed by atoms with Crippen LogP contribution in [-0.4, -0.2) is 66.9 Å². The third-order valence-corrected chi connectivity index (χ3v) is 7.16. The van der Waals surface area contributed by atoms with Crippen LogP contribution in [0.3, 0.4) is 0 Å². The minimum atomic E-state index is -0.885. The lowest BCUT2D eigenvalue weighted by molar-refractivity contribution is -0.165. The molecule has 3 aliphatic rings. The number of nitrogens with zero attached hydrogens (tertiary/aromatic N) is 1. The van der Waals surface area contributed by atoms with Gasteiger partial charge in [-0.25, -0.2) is 4.79 Å². The Balaban J connectivity index is 1.09. The maximum Gasteiger partial charge on any atom is 0.407 e. The number of benzene rings is 2. The van der Waals surface area contributed by atoms with Gasteiger partial charge in [0.05, 0.1) is 24.0 Å². The van der Waals surface area contributed by atoms with E-state index < -0.39 is 17.5 Å². The fourth-order valence-electron chi connectivity index (χ4n) is 5.21. The molecule has 1 aliphatic carbocycles. The Morgan fingerprint density at radius 2 is 1.71 bits per heavy atom. The van der Waals surface area contributed by atoms with Crippen molar-refractivity contribution in [3.8, 4) is 11.1 Å². The molecule has 0 unspecified atom stereocenters. The third-order valence-electron chi connectivity index (χ3n) is 7.16. The molecule has 0 radical (unpaired) electrons. The lowest BCUT2D eigenvalue weighted by Crippen LogP contribution is -2.61. The lowest BCUT2D eigenvalue weighted by atomic mass is 9.81. The van der Waals surface area contributed by atoms with Crippen molar-refractivity contribution in [3.63, 3.8) is 0 Å². The molecule has 0 bridgehead atoms. The maximum atomic E-state index is 12.6. The smallest absolute Gasteiger partial charge is 0.407 e. The summed E-state index contributed by atoms with van der Waals surface area (Å²) in [5.41, 5.74) is 3.80. The van der Waals surface area contributed by atoms with Crippen molar-refractivity contribution >= 4 is 18.0 Å². The van der Waals surface area contributed by atoms with Gasteiger partial charge in [-0.2, -0.15) is 0 Å². The van der Waals surface area contributed by atoms with Crippen LogP contribution < -0.4 is 5.32 Å². The summed E-state index contributed by atoms with van der Waals surface area (Å²) in [5, 5.41) is 12.0. The quantitative estimate of drug-likeness (QED) is 0.681. The highest BCUT2D eigenvalue weighted by molar-refractivity contribution is 5.85. The number of carboxylic acid groups (broad SMARTS) is 1. The van der Waals surface area contributed by atoms with E-state index in [4.69, 9.17) is 9.47 Å². The van der Waals surface area contributed by atoms with Crippen LogP contribution in [-0.2, 0) is 19.1 Å². The molecule has 178 valence electrons. The average Bonchev–Trinajstić information content (AvgIpc) is 3.42. The predicted octanol–water partition coefficient (Wildman–Crippen LogP) is 2.86. The summed E-state index contributed by atoms with van der Waals surface area (Å²) in [5.74, 6) is -1.28. The molecule has 8 heteroatoms. The van der Waals surface area contributed by atoms with Crippen LogP contribution in [0.2, 0.25) is 0 Å². The van der Waals surface area contributed by atoms with Crippen molar-refractivity contribution < 1.29 is 29.0 Å². The highest BCUT2D eigenvalue weighted by atomic mass is 16.5. The molecule has 0 spiro atoms. The van der Waals surface area contributed by atoms with E-state index in [0.717, 1.165) is 11.1 Å². The second-order valence-corrected chi connectivity index (χ2v) is 9.65. The van der Waals surface area contributed by atoms with Gasteiger partial charge in [0, 0.05) is 25.6 Å². The first kappa shape index (κ1) is 22.4. The Labute approximate surface area is 197 Å². The maximum absolute atomic E-state index is 12.6. The van der Waals surface area contributed by atoms with E-state index in [-0.39, 0.29) is 56.7 Å². The molecule has 2 amide bonds. The molecule has 2 aromatic carbocycles. The fraction of sp³-hybridized carbons (Fsp3) is 0.423. The second kappa shape index (κ2) is 8.76. The number of ether oxygens (including phenoxy) is 2. The first-order chi connectivity index (χ1) is 16.4. The number of rotatable bonds is 6. The highest BCUT2D eigenvalue weighted by Crippen LogP contribution is 2.44. The van der Waals surface area contributed by atoms with Gasteiger partial charge in [-0.1, -0.05) is 48.5 Å². The molecule has 5 rings (SSSR count). The van der Waals surface area contributed by atoms with Crippen LogP contribution >= 0.6 is 0 Å². The second-order valence-electron chi connectivity index (χ2n) is 9.65. The summed E-state index contributed by atoms with van der Waals surface area (Å²) in [6, 6.07) is 16.3. The van der Waals surface area contributed by atoms with Crippen molar-refractivity contribution in [2.45, 2.75) is 25.4 Å². The fourth-order valence-corrected chi connectivity index (χ4v) is 5.21. The van der Waals surface area contributed by atoms with E-state index >= 15 is 0 Å². The van der Waals surface area contributed by atoms with Gasteiger partial charge in [-0.3, -0.25) is 9.59 Å². The third kappa shape index (κ3) is 4.03. The monoisotopic (exact) mass is 464 g/mol. The van der Waals surface area contributed by atoms with Crippen LogP contribution in [0.25, 0.3) is 11.1 Å². The first-order valence-corrected chi connectivity index (χ1v) is 11.6. The van der Waals surface area contributed by atoms with Gasteiger partial charge < -0.3 is 24.8 Å². The van der Waals surface area contributed by atoms with Gasteiger partial charge in [0.15, 0.2) is 0 Å². The topological polar surface area (TPSA) is 105 Å². The van der Waals surface area contributed by atoms with Crippen LogP contribution in [0.4, 0.5) is 4.79 Å². The van der Waals surface area contributed by atoms with Crippen LogP contribution in [0.1, 0.15) is 30.4 Å². The van der Waals surface area contributed by atoms with Crippen molar-refractivity contribution in [1.29, 1.82) is 0 Å². The largest absolute Gasteiger partial charge is 0.481 e. The molecule has 0 saturated carbocycles. The summed E-state index contributed by atoms with van der Waals surface area (Å²) in [7, 11) is 0. The molecular formula is C26H28N2O6.